The summed E-state index contributed by atoms with van der Waals surface area (Å²) in [6.07, 6.45) is 11.5. The average molecular weight is 457 g/mol. The zero-order valence-electron chi connectivity index (χ0n) is 19.8. The second kappa shape index (κ2) is 15.0. The van der Waals surface area contributed by atoms with Crippen LogP contribution in [-0.2, 0) is 4.79 Å². The van der Waals surface area contributed by atoms with Gasteiger partial charge < -0.3 is 30.6 Å². The van der Waals surface area contributed by atoms with Crippen LogP contribution in [0.15, 0.2) is 4.99 Å². The van der Waals surface area contributed by atoms with E-state index in [1.54, 1.807) is 0 Å². The summed E-state index contributed by atoms with van der Waals surface area (Å²) in [5.74, 6) is -0.351. The number of hydrogen-bond donors (Lipinski definition) is 6. The third kappa shape index (κ3) is 9.83. The summed E-state index contributed by atoms with van der Waals surface area (Å²) in [6, 6.07) is 0.892. The van der Waals surface area contributed by atoms with Gasteiger partial charge >= 0.3 is 5.97 Å². The Labute approximate surface area is 193 Å². The number of piperidine rings is 1. The van der Waals surface area contributed by atoms with E-state index < -0.39 is 12.1 Å². The minimum atomic E-state index is -0.943. The van der Waals surface area contributed by atoms with Crippen LogP contribution < -0.4 is 10.2 Å². The Morgan fingerprint density at radius 1 is 1.16 bits per heavy atom. The van der Waals surface area contributed by atoms with Gasteiger partial charge in [0, 0.05) is 19.1 Å². The second-order valence-corrected chi connectivity index (χ2v) is 9.91. The van der Waals surface area contributed by atoms with E-state index in [1.165, 1.54) is 4.90 Å². The molecule has 0 aromatic rings. The van der Waals surface area contributed by atoms with Crippen LogP contribution in [0.1, 0.15) is 84.0 Å². The van der Waals surface area contributed by atoms with E-state index in [0.717, 1.165) is 77.4 Å². The van der Waals surface area contributed by atoms with Crippen LogP contribution in [0.4, 0.5) is 0 Å². The summed E-state index contributed by atoms with van der Waals surface area (Å²) < 4.78 is 0. The van der Waals surface area contributed by atoms with Crippen LogP contribution >= 0.6 is 0 Å². The smallest absolute Gasteiger partial charge is 0.305 e. The highest BCUT2D eigenvalue weighted by Gasteiger charge is 2.40. The van der Waals surface area contributed by atoms with Crippen LogP contribution in [0, 0.1) is 5.92 Å². The van der Waals surface area contributed by atoms with Gasteiger partial charge in [0.1, 0.15) is 12.6 Å². The van der Waals surface area contributed by atoms with Crippen molar-refractivity contribution in [2.45, 2.75) is 114 Å². The van der Waals surface area contributed by atoms with Crippen molar-refractivity contribution in [2.75, 3.05) is 19.8 Å². The lowest BCUT2D eigenvalue weighted by molar-refractivity contribution is -0.914. The fourth-order valence-corrected chi connectivity index (χ4v) is 5.32. The molecular formula is C24H46N3O5+. The molecule has 0 aromatic heterocycles. The van der Waals surface area contributed by atoms with Crippen LogP contribution in [0.3, 0.4) is 0 Å². The summed E-state index contributed by atoms with van der Waals surface area (Å²) in [6.45, 7) is 4.05. The predicted octanol–water partition coefficient (Wildman–Crippen LogP) is 0.738. The molecule has 0 aromatic carbocycles. The van der Waals surface area contributed by atoms with Gasteiger partial charge in [-0.05, 0) is 44.9 Å². The number of aliphatic carboxylic acids is 1. The number of unbranched alkanes of at least 4 members (excludes halogenated alkanes) is 3. The van der Waals surface area contributed by atoms with Gasteiger partial charge in [0.05, 0.1) is 30.9 Å². The molecule has 2 rings (SSSR count). The molecule has 7 atom stereocenters. The van der Waals surface area contributed by atoms with Crippen LogP contribution in [0.2, 0.25) is 0 Å². The minimum Gasteiger partial charge on any atom is -0.481 e. The SMILES string of the molecule is C[C@@H]1N[C@H](CC[C@H](CCCO)CCCCCC[C@@H](O)CC(=O)O)[C@@H]([NH+]2CC=NC2)C[C@H]1O. The summed E-state index contributed by atoms with van der Waals surface area (Å²) in [5.41, 5.74) is 0. The Kier molecular flexibility index (Phi) is 12.7. The average Bonchev–Trinajstić information content (AvgIpc) is 3.28. The second-order valence-electron chi connectivity index (χ2n) is 9.91. The molecule has 1 unspecified atom stereocenters. The number of aliphatic hydroxyl groups excluding tert-OH is 3. The first-order valence-electron chi connectivity index (χ1n) is 12.7. The molecule has 2 heterocycles. The van der Waals surface area contributed by atoms with E-state index in [1.807, 2.05) is 6.21 Å². The normalized spacial score (nSPS) is 29.8. The molecule has 1 fully saturated rings. The van der Waals surface area contributed by atoms with Crippen molar-refractivity contribution in [1.29, 1.82) is 0 Å². The monoisotopic (exact) mass is 456 g/mol. The molecule has 0 spiro atoms. The highest BCUT2D eigenvalue weighted by atomic mass is 16.4. The lowest BCUT2D eigenvalue weighted by Gasteiger charge is -2.41. The lowest BCUT2D eigenvalue weighted by atomic mass is 9.84. The van der Waals surface area contributed by atoms with E-state index in [0.29, 0.717) is 24.4 Å². The van der Waals surface area contributed by atoms with E-state index in [4.69, 9.17) is 5.11 Å². The van der Waals surface area contributed by atoms with Crippen molar-refractivity contribution in [2.24, 2.45) is 10.9 Å². The molecule has 8 heteroatoms. The van der Waals surface area contributed by atoms with Crippen molar-refractivity contribution in [1.82, 2.24) is 5.32 Å². The largest absolute Gasteiger partial charge is 0.481 e. The Hall–Kier alpha value is -1.06. The van der Waals surface area contributed by atoms with E-state index in [9.17, 15) is 20.1 Å². The molecule has 0 saturated carbocycles. The van der Waals surface area contributed by atoms with Gasteiger partial charge in [-0.2, -0.15) is 0 Å². The molecule has 0 bridgehead atoms. The van der Waals surface area contributed by atoms with Crippen molar-refractivity contribution in [3.63, 3.8) is 0 Å². The standard InChI is InChI=1S/C24H45N3O5/c1-18-23(30)16-22(27-13-12-25-17-27)21(26-18)11-10-19(8-6-14-28)7-4-2-3-5-9-20(29)15-24(31)32/h12,18-23,26,28-30H,2-11,13-17H2,1H3,(H,31,32)/p+1/t18-,19-,20+,21+,22-,23+/m0/s1. The molecule has 32 heavy (non-hydrogen) atoms. The Morgan fingerprint density at radius 3 is 2.53 bits per heavy atom. The molecule has 0 amide bonds. The van der Waals surface area contributed by atoms with Crippen molar-refractivity contribution in [3.05, 3.63) is 0 Å². The molecule has 6 N–H and O–H groups in total. The summed E-state index contributed by atoms with van der Waals surface area (Å²) in [4.78, 5) is 16.5. The fourth-order valence-electron chi connectivity index (χ4n) is 5.32. The fraction of sp³-hybridized carbons (Fsp3) is 0.917. The lowest BCUT2D eigenvalue weighted by Crippen LogP contribution is -3.16. The number of rotatable bonds is 16. The number of quaternary nitrogens is 1. The molecule has 2 aliphatic heterocycles. The van der Waals surface area contributed by atoms with Gasteiger partial charge in [-0.25, -0.2) is 4.99 Å². The number of aliphatic imine (C=N–C) groups is 1. The topological polar surface area (TPSA) is 127 Å². The third-order valence-electron chi connectivity index (χ3n) is 7.30. The highest BCUT2D eigenvalue weighted by molar-refractivity contribution is 5.67. The quantitative estimate of drug-likeness (QED) is 0.190. The van der Waals surface area contributed by atoms with Crippen molar-refractivity contribution >= 4 is 12.2 Å². The van der Waals surface area contributed by atoms with Gasteiger partial charge in [0.2, 0.25) is 0 Å². The summed E-state index contributed by atoms with van der Waals surface area (Å²) >= 11 is 0. The van der Waals surface area contributed by atoms with Gasteiger partial charge in [-0.3, -0.25) is 4.79 Å². The molecule has 2 aliphatic rings. The van der Waals surface area contributed by atoms with Crippen LogP contribution in [-0.4, -0.2) is 82.8 Å². The Balaban J connectivity index is 1.73. The first kappa shape index (κ1) is 27.2. The van der Waals surface area contributed by atoms with Gasteiger partial charge in [-0.15, -0.1) is 0 Å². The number of carboxylic acid groups (broad SMARTS) is 1. The first-order chi connectivity index (χ1) is 15.4. The molecule has 8 nitrogen and oxygen atoms in total. The minimum absolute atomic E-state index is 0.117. The van der Waals surface area contributed by atoms with Gasteiger partial charge in [-0.1, -0.05) is 32.1 Å². The zero-order valence-corrected chi connectivity index (χ0v) is 19.8. The van der Waals surface area contributed by atoms with Gasteiger partial charge in [0.15, 0.2) is 6.67 Å². The van der Waals surface area contributed by atoms with Crippen molar-refractivity contribution < 1.29 is 30.1 Å². The number of aliphatic hydroxyl groups is 3. The number of nitrogens with zero attached hydrogens (tertiary/aromatic N) is 1. The maximum atomic E-state index is 10.6. The predicted molar refractivity (Wildman–Crippen MR) is 125 cm³/mol. The Bertz CT molecular complexity index is 554. The maximum absolute atomic E-state index is 10.6. The molecule has 0 radical (unpaired) electrons. The van der Waals surface area contributed by atoms with E-state index in [2.05, 4.69) is 17.2 Å². The van der Waals surface area contributed by atoms with Gasteiger partial charge in [0.25, 0.3) is 0 Å². The molecule has 186 valence electrons. The Morgan fingerprint density at radius 2 is 1.88 bits per heavy atom. The molecule has 0 aliphatic carbocycles. The zero-order chi connectivity index (χ0) is 23.3. The maximum Gasteiger partial charge on any atom is 0.305 e. The third-order valence-corrected chi connectivity index (χ3v) is 7.30. The number of nitrogens with one attached hydrogen (secondary N) is 2. The van der Waals surface area contributed by atoms with Crippen LogP contribution in [0.5, 0.6) is 0 Å². The summed E-state index contributed by atoms with van der Waals surface area (Å²) in [7, 11) is 0. The van der Waals surface area contributed by atoms with E-state index in [-0.39, 0.29) is 25.2 Å². The van der Waals surface area contributed by atoms with Crippen LogP contribution in [0.25, 0.3) is 0 Å². The highest BCUT2D eigenvalue weighted by Crippen LogP contribution is 2.25. The number of carboxylic acids is 1. The molecule has 1 saturated heterocycles. The summed E-state index contributed by atoms with van der Waals surface area (Å²) in [5, 5.41) is 41.7. The van der Waals surface area contributed by atoms with E-state index >= 15 is 0 Å². The number of hydrogen-bond acceptors (Lipinski definition) is 6. The number of carbonyl (C=O) groups is 1. The van der Waals surface area contributed by atoms with Crippen molar-refractivity contribution in [3.8, 4) is 0 Å². The molecular weight excluding hydrogens is 410 g/mol. The first-order valence-corrected chi connectivity index (χ1v) is 12.7.